The minimum Gasteiger partial charge on any atom is -0.496 e. The second-order valence-corrected chi connectivity index (χ2v) is 7.92. The lowest BCUT2D eigenvalue weighted by molar-refractivity contribution is 0.303. The molecule has 3 heteroatoms. The molecule has 132 valence electrons. The van der Waals surface area contributed by atoms with E-state index in [-0.39, 0.29) is 11.0 Å². The Morgan fingerprint density at radius 2 is 1.58 bits per heavy atom. The fraction of sp³-hybridized carbons (Fsp3) is 0.304. The van der Waals surface area contributed by atoms with Gasteiger partial charge in [0.2, 0.25) is 0 Å². The predicted molar refractivity (Wildman–Crippen MR) is 107 cm³/mol. The Kier molecular flexibility index (Phi) is 3.65. The summed E-state index contributed by atoms with van der Waals surface area (Å²) in [6.07, 6.45) is 0. The number of hydrogen-bond donors (Lipinski definition) is 0. The molecule has 0 fully saturated rings. The van der Waals surface area contributed by atoms with Gasteiger partial charge in [-0.3, -0.25) is 4.99 Å². The number of methoxy groups -OCH3 is 1. The van der Waals surface area contributed by atoms with Gasteiger partial charge in [-0.05, 0) is 31.5 Å². The Labute approximate surface area is 154 Å². The van der Waals surface area contributed by atoms with E-state index in [2.05, 4.69) is 52.0 Å². The van der Waals surface area contributed by atoms with Gasteiger partial charge < -0.3 is 4.74 Å². The van der Waals surface area contributed by atoms with Gasteiger partial charge in [-0.15, -0.1) is 0 Å². The van der Waals surface area contributed by atoms with Crippen molar-refractivity contribution >= 4 is 16.6 Å². The average Bonchev–Trinajstić information content (AvgIpc) is 2.64. The summed E-state index contributed by atoms with van der Waals surface area (Å²) in [4.78, 5) is 10.1. The maximum Gasteiger partial charge on any atom is 0.130 e. The van der Waals surface area contributed by atoms with Gasteiger partial charge in [0.1, 0.15) is 5.75 Å². The number of para-hydroxylation sites is 1. The number of nitrogens with zero attached hydrogens (tertiary/aromatic N) is 2. The molecular formula is C23H24N2O. The Morgan fingerprint density at radius 3 is 2.35 bits per heavy atom. The molecule has 0 atom stereocenters. The lowest BCUT2D eigenvalue weighted by atomic mass is 9.66. The van der Waals surface area contributed by atoms with Gasteiger partial charge in [-0.1, -0.05) is 50.2 Å². The van der Waals surface area contributed by atoms with E-state index in [1.54, 1.807) is 7.11 Å². The largest absolute Gasteiger partial charge is 0.496 e. The summed E-state index contributed by atoms with van der Waals surface area (Å²) >= 11 is 0. The van der Waals surface area contributed by atoms with Crippen LogP contribution in [0.4, 0.5) is 0 Å². The Bertz CT molecular complexity index is 1030. The van der Waals surface area contributed by atoms with Crippen molar-refractivity contribution in [3.8, 4) is 5.75 Å². The maximum atomic E-state index is 5.64. The van der Waals surface area contributed by atoms with E-state index in [0.29, 0.717) is 0 Å². The van der Waals surface area contributed by atoms with Crippen LogP contribution in [0.3, 0.4) is 0 Å². The van der Waals surface area contributed by atoms with Gasteiger partial charge in [0.05, 0.1) is 29.6 Å². The van der Waals surface area contributed by atoms with Gasteiger partial charge in [0, 0.05) is 22.4 Å². The standard InChI is InChI=1S/C23H24N2O/c1-22(2)17-12-8-6-10-15(17)21(25-23(22,3)4)19-14-20(26-5)16-11-7-9-13-18(16)24-19/h6-14H,1-5H3. The van der Waals surface area contributed by atoms with Crippen molar-refractivity contribution in [3.05, 3.63) is 71.4 Å². The smallest absolute Gasteiger partial charge is 0.130 e. The van der Waals surface area contributed by atoms with Crippen LogP contribution in [0.5, 0.6) is 5.75 Å². The minimum absolute atomic E-state index is 0.0615. The van der Waals surface area contributed by atoms with Gasteiger partial charge >= 0.3 is 0 Å². The highest BCUT2D eigenvalue weighted by molar-refractivity contribution is 6.15. The molecule has 0 saturated heterocycles. The Hall–Kier alpha value is -2.68. The second kappa shape index (κ2) is 5.66. The lowest BCUT2D eigenvalue weighted by Crippen LogP contribution is -2.46. The van der Waals surface area contributed by atoms with E-state index in [0.717, 1.165) is 33.6 Å². The summed E-state index contributed by atoms with van der Waals surface area (Å²) in [5, 5.41) is 1.02. The third-order valence-corrected chi connectivity index (χ3v) is 5.92. The molecule has 0 amide bonds. The maximum absolute atomic E-state index is 5.64. The van der Waals surface area contributed by atoms with Crippen molar-refractivity contribution in [3.63, 3.8) is 0 Å². The van der Waals surface area contributed by atoms with E-state index in [4.69, 9.17) is 14.7 Å². The first-order valence-electron chi connectivity index (χ1n) is 8.99. The van der Waals surface area contributed by atoms with Crippen LogP contribution in [-0.2, 0) is 5.41 Å². The van der Waals surface area contributed by atoms with E-state index in [1.165, 1.54) is 5.56 Å². The fourth-order valence-electron chi connectivity index (χ4n) is 3.67. The number of aromatic nitrogens is 1. The van der Waals surface area contributed by atoms with Gasteiger partial charge in [-0.2, -0.15) is 0 Å². The van der Waals surface area contributed by atoms with Gasteiger partial charge in [0.15, 0.2) is 0 Å². The summed E-state index contributed by atoms with van der Waals surface area (Å²) < 4.78 is 5.64. The Morgan fingerprint density at radius 1 is 0.885 bits per heavy atom. The van der Waals surface area contributed by atoms with Crippen LogP contribution >= 0.6 is 0 Å². The number of rotatable bonds is 2. The molecule has 1 aliphatic rings. The van der Waals surface area contributed by atoms with Crippen LogP contribution in [0.2, 0.25) is 0 Å². The number of ether oxygens (including phenoxy) is 1. The van der Waals surface area contributed by atoms with E-state index in [1.807, 2.05) is 30.3 Å². The number of hydrogen-bond acceptors (Lipinski definition) is 3. The molecule has 4 rings (SSSR count). The zero-order valence-corrected chi connectivity index (χ0v) is 16.0. The molecule has 0 spiro atoms. The summed E-state index contributed by atoms with van der Waals surface area (Å²) in [6, 6.07) is 18.6. The molecule has 0 radical (unpaired) electrons. The highest BCUT2D eigenvalue weighted by Crippen LogP contribution is 2.44. The number of pyridine rings is 1. The summed E-state index contributed by atoms with van der Waals surface area (Å²) in [5.41, 5.74) is 4.88. The molecule has 0 N–H and O–H groups in total. The quantitative estimate of drug-likeness (QED) is 0.644. The minimum atomic E-state index is -0.239. The topological polar surface area (TPSA) is 34.5 Å². The molecule has 0 unspecified atom stereocenters. The third-order valence-electron chi connectivity index (χ3n) is 5.92. The van der Waals surface area contributed by atoms with E-state index in [9.17, 15) is 0 Å². The van der Waals surface area contributed by atoms with Crippen molar-refractivity contribution < 1.29 is 4.74 Å². The molecule has 1 aliphatic heterocycles. The number of benzene rings is 2. The molecule has 0 bridgehead atoms. The number of fused-ring (bicyclic) bond motifs is 2. The molecular weight excluding hydrogens is 320 g/mol. The first-order chi connectivity index (χ1) is 12.3. The SMILES string of the molecule is COc1cc(C2=NC(C)(C)C(C)(C)c3ccccc32)nc2ccccc12. The van der Waals surface area contributed by atoms with Crippen molar-refractivity contribution in [2.45, 2.75) is 38.6 Å². The average molecular weight is 344 g/mol. The summed E-state index contributed by atoms with van der Waals surface area (Å²) in [6.45, 7) is 8.92. The molecule has 2 heterocycles. The fourth-order valence-corrected chi connectivity index (χ4v) is 3.67. The van der Waals surface area contributed by atoms with Gasteiger partial charge in [0.25, 0.3) is 0 Å². The van der Waals surface area contributed by atoms with Crippen LogP contribution in [0, 0.1) is 0 Å². The zero-order valence-electron chi connectivity index (χ0n) is 16.0. The first-order valence-corrected chi connectivity index (χ1v) is 8.99. The van der Waals surface area contributed by atoms with Crippen molar-refractivity contribution in [1.82, 2.24) is 4.98 Å². The summed E-state index contributed by atoms with van der Waals surface area (Å²) in [7, 11) is 1.70. The molecule has 3 nitrogen and oxygen atoms in total. The van der Waals surface area contributed by atoms with Crippen molar-refractivity contribution in [2.24, 2.45) is 4.99 Å². The van der Waals surface area contributed by atoms with Crippen LogP contribution in [-0.4, -0.2) is 23.3 Å². The number of aliphatic imine (C=N–C) groups is 1. The molecule has 2 aromatic carbocycles. The van der Waals surface area contributed by atoms with Crippen molar-refractivity contribution in [1.29, 1.82) is 0 Å². The monoisotopic (exact) mass is 344 g/mol. The van der Waals surface area contributed by atoms with Crippen LogP contribution in [0.15, 0.2) is 59.6 Å². The highest BCUT2D eigenvalue weighted by Gasteiger charge is 2.43. The zero-order chi connectivity index (χ0) is 18.5. The normalized spacial score (nSPS) is 17.5. The highest BCUT2D eigenvalue weighted by atomic mass is 16.5. The predicted octanol–water partition coefficient (Wildman–Crippen LogP) is 5.15. The summed E-state index contributed by atoms with van der Waals surface area (Å²) in [5.74, 6) is 0.827. The lowest BCUT2D eigenvalue weighted by Gasteiger charge is -2.44. The van der Waals surface area contributed by atoms with Crippen molar-refractivity contribution in [2.75, 3.05) is 7.11 Å². The second-order valence-electron chi connectivity index (χ2n) is 7.92. The third kappa shape index (κ3) is 2.34. The first kappa shape index (κ1) is 16.8. The molecule has 26 heavy (non-hydrogen) atoms. The van der Waals surface area contributed by atoms with E-state index < -0.39 is 0 Å². The van der Waals surface area contributed by atoms with Crippen LogP contribution < -0.4 is 4.74 Å². The molecule has 1 aromatic heterocycles. The Balaban J connectivity index is 2.01. The molecule has 0 aliphatic carbocycles. The molecule has 3 aromatic rings. The van der Waals surface area contributed by atoms with Crippen LogP contribution in [0.25, 0.3) is 10.9 Å². The molecule has 0 saturated carbocycles. The van der Waals surface area contributed by atoms with Crippen LogP contribution in [0.1, 0.15) is 44.5 Å². The van der Waals surface area contributed by atoms with E-state index >= 15 is 0 Å². The van der Waals surface area contributed by atoms with Gasteiger partial charge in [-0.25, -0.2) is 4.98 Å².